The third kappa shape index (κ3) is 8.72. The van der Waals surface area contributed by atoms with E-state index in [0.29, 0.717) is 37.4 Å². The van der Waals surface area contributed by atoms with E-state index in [0.717, 1.165) is 44.9 Å². The van der Waals surface area contributed by atoms with Crippen LogP contribution < -0.4 is 0 Å². The lowest BCUT2D eigenvalue weighted by atomic mass is 9.86. The number of hydrogen-bond acceptors (Lipinski definition) is 5. The molecule has 0 aliphatic heterocycles. The Morgan fingerprint density at radius 2 is 1.88 bits per heavy atom. The van der Waals surface area contributed by atoms with Gasteiger partial charge in [-0.1, -0.05) is 31.9 Å². The number of ketones is 1. The highest BCUT2D eigenvalue weighted by molar-refractivity contribution is 7.81. The van der Waals surface area contributed by atoms with Crippen molar-refractivity contribution in [2.24, 2.45) is 11.8 Å². The first-order valence-corrected chi connectivity index (χ1v) is 10.6. The number of esters is 1. The quantitative estimate of drug-likeness (QED) is 0.212. The molecule has 0 aromatic carbocycles. The number of methoxy groups -OCH3 is 1. The second-order valence-corrected chi connectivity index (χ2v) is 8.07. The first-order chi connectivity index (χ1) is 12.5. The molecular formula is C21H36O4S. The number of allylic oxidation sites excluding steroid dienone is 2. The number of aliphatic hydroxyl groups excluding tert-OH is 1. The summed E-state index contributed by atoms with van der Waals surface area (Å²) < 4.78 is 4.62. The van der Waals surface area contributed by atoms with Gasteiger partial charge in [0.2, 0.25) is 0 Å². The van der Waals surface area contributed by atoms with Gasteiger partial charge in [-0.25, -0.2) is 0 Å². The molecule has 26 heavy (non-hydrogen) atoms. The van der Waals surface area contributed by atoms with Crippen molar-refractivity contribution < 1.29 is 19.4 Å². The molecule has 1 fully saturated rings. The van der Waals surface area contributed by atoms with Crippen molar-refractivity contribution >= 4 is 24.4 Å². The lowest BCUT2D eigenvalue weighted by Crippen LogP contribution is -2.21. The summed E-state index contributed by atoms with van der Waals surface area (Å²) in [5.74, 6) is 0.643. The molecular weight excluding hydrogens is 348 g/mol. The van der Waals surface area contributed by atoms with Gasteiger partial charge in [0.25, 0.3) is 0 Å². The number of carbonyl (C=O) groups excluding carboxylic acids is 2. The maximum absolute atomic E-state index is 12.0. The number of carbonyl (C=O) groups is 2. The molecule has 0 radical (unpaired) electrons. The third-order valence-electron chi connectivity index (χ3n) is 5.39. The molecule has 4 unspecified atom stereocenters. The number of ether oxygens (including phenoxy) is 1. The number of thiol groups is 1. The molecule has 0 bridgehead atoms. The van der Waals surface area contributed by atoms with Gasteiger partial charge in [0.15, 0.2) is 0 Å². The van der Waals surface area contributed by atoms with Crippen LogP contribution in [0.2, 0.25) is 0 Å². The van der Waals surface area contributed by atoms with Crippen molar-refractivity contribution in [2.75, 3.05) is 7.11 Å². The fraction of sp³-hybridized carbons (Fsp3) is 0.810. The minimum atomic E-state index is -0.336. The molecule has 0 heterocycles. The second kappa shape index (κ2) is 13.4. The zero-order valence-corrected chi connectivity index (χ0v) is 17.3. The van der Waals surface area contributed by atoms with E-state index in [1.165, 1.54) is 7.11 Å². The number of hydrogen-bond donors (Lipinski definition) is 2. The van der Waals surface area contributed by atoms with Gasteiger partial charge in [-0.2, -0.15) is 12.6 Å². The molecule has 0 saturated heterocycles. The number of unbranched alkanes of at least 4 members (excludes halogenated alkanes) is 3. The van der Waals surface area contributed by atoms with Crippen LogP contribution in [-0.4, -0.2) is 35.3 Å². The predicted molar refractivity (Wildman–Crippen MR) is 108 cm³/mol. The fourth-order valence-corrected chi connectivity index (χ4v) is 4.35. The maximum Gasteiger partial charge on any atom is 0.305 e. The van der Waals surface area contributed by atoms with Gasteiger partial charge in [0.05, 0.1) is 13.2 Å². The molecule has 0 amide bonds. The van der Waals surface area contributed by atoms with Crippen LogP contribution in [-0.2, 0) is 14.3 Å². The summed E-state index contributed by atoms with van der Waals surface area (Å²) in [6.07, 6.45) is 12.8. The summed E-state index contributed by atoms with van der Waals surface area (Å²) in [6.45, 7) is 2.14. The highest BCUT2D eigenvalue weighted by atomic mass is 32.1. The molecule has 1 aliphatic carbocycles. The van der Waals surface area contributed by atoms with Gasteiger partial charge in [-0.3, -0.25) is 9.59 Å². The van der Waals surface area contributed by atoms with E-state index in [2.05, 4.69) is 36.4 Å². The van der Waals surface area contributed by atoms with E-state index in [9.17, 15) is 14.7 Å². The van der Waals surface area contributed by atoms with E-state index in [4.69, 9.17) is 0 Å². The lowest BCUT2D eigenvalue weighted by Gasteiger charge is -2.22. The first kappa shape index (κ1) is 23.2. The molecule has 0 aromatic heterocycles. The SMILES string of the molecule is CCCCCC(=O)CCC1C(S)CC(O)C1C/C=C/CCCC(=O)OC. The molecule has 1 aliphatic rings. The van der Waals surface area contributed by atoms with Gasteiger partial charge in [-0.05, 0) is 50.4 Å². The Morgan fingerprint density at radius 1 is 1.12 bits per heavy atom. The molecule has 1 rings (SSSR count). The summed E-state index contributed by atoms with van der Waals surface area (Å²) in [6, 6.07) is 0. The van der Waals surface area contributed by atoms with E-state index in [1.807, 2.05) is 0 Å². The number of rotatable bonds is 13. The summed E-state index contributed by atoms with van der Waals surface area (Å²) in [5, 5.41) is 10.5. The van der Waals surface area contributed by atoms with E-state index < -0.39 is 0 Å². The van der Waals surface area contributed by atoms with Crippen molar-refractivity contribution in [3.63, 3.8) is 0 Å². The molecule has 1 N–H and O–H groups in total. The highest BCUT2D eigenvalue weighted by Crippen LogP contribution is 2.41. The predicted octanol–water partition coefficient (Wildman–Crippen LogP) is 4.50. The third-order valence-corrected chi connectivity index (χ3v) is 5.99. The average molecular weight is 385 g/mol. The minimum Gasteiger partial charge on any atom is -0.469 e. The van der Waals surface area contributed by atoms with Crippen LogP contribution in [0, 0.1) is 11.8 Å². The Kier molecular flexibility index (Phi) is 11.9. The van der Waals surface area contributed by atoms with Crippen LogP contribution in [0.3, 0.4) is 0 Å². The van der Waals surface area contributed by atoms with Crippen molar-refractivity contribution in [3.05, 3.63) is 12.2 Å². The smallest absolute Gasteiger partial charge is 0.305 e. The normalized spacial score (nSPS) is 25.7. The average Bonchev–Trinajstić information content (AvgIpc) is 2.89. The molecule has 1 saturated carbocycles. The summed E-state index contributed by atoms with van der Waals surface area (Å²) >= 11 is 4.66. The first-order valence-electron chi connectivity index (χ1n) is 10.1. The Hall–Kier alpha value is -0.810. The van der Waals surface area contributed by atoms with Crippen LogP contribution in [0.5, 0.6) is 0 Å². The van der Waals surface area contributed by atoms with Gasteiger partial charge in [-0.15, -0.1) is 0 Å². The van der Waals surface area contributed by atoms with Gasteiger partial charge in [0, 0.05) is 24.5 Å². The molecule has 4 atom stereocenters. The zero-order valence-electron chi connectivity index (χ0n) is 16.4. The molecule has 150 valence electrons. The Bertz CT molecular complexity index is 449. The Labute approximate surface area is 164 Å². The van der Waals surface area contributed by atoms with Crippen molar-refractivity contribution in [3.8, 4) is 0 Å². The van der Waals surface area contributed by atoms with Crippen LogP contribution in [0.15, 0.2) is 12.2 Å². The van der Waals surface area contributed by atoms with Crippen LogP contribution >= 0.6 is 12.6 Å². The van der Waals surface area contributed by atoms with Crippen molar-refractivity contribution in [1.82, 2.24) is 0 Å². The summed E-state index contributed by atoms with van der Waals surface area (Å²) in [5.41, 5.74) is 0. The maximum atomic E-state index is 12.0. The topological polar surface area (TPSA) is 63.6 Å². The van der Waals surface area contributed by atoms with Crippen LogP contribution in [0.1, 0.15) is 77.6 Å². The molecule has 0 spiro atoms. The van der Waals surface area contributed by atoms with Gasteiger partial charge in [0.1, 0.15) is 5.78 Å². The van der Waals surface area contributed by atoms with Gasteiger partial charge >= 0.3 is 5.97 Å². The van der Waals surface area contributed by atoms with E-state index in [1.54, 1.807) is 0 Å². The molecule has 5 heteroatoms. The van der Waals surface area contributed by atoms with E-state index >= 15 is 0 Å². The standard InChI is InChI=1S/C21H36O4S/c1-3-4-7-10-16(22)13-14-18-17(19(23)15-20(18)26)11-8-5-6-9-12-21(24)25-2/h5,8,17-20,23,26H,3-4,6-7,9-15H2,1-2H3/b8-5+. The minimum absolute atomic E-state index is 0.172. The monoisotopic (exact) mass is 384 g/mol. The summed E-state index contributed by atoms with van der Waals surface area (Å²) in [7, 11) is 1.40. The van der Waals surface area contributed by atoms with Crippen LogP contribution in [0.25, 0.3) is 0 Å². The lowest BCUT2D eigenvalue weighted by molar-refractivity contribution is -0.140. The van der Waals surface area contributed by atoms with Crippen molar-refractivity contribution in [1.29, 1.82) is 0 Å². The number of aliphatic hydroxyl groups is 1. The largest absolute Gasteiger partial charge is 0.469 e. The van der Waals surface area contributed by atoms with Crippen LogP contribution in [0.4, 0.5) is 0 Å². The van der Waals surface area contributed by atoms with Crippen molar-refractivity contribution in [2.45, 2.75) is 88.9 Å². The second-order valence-electron chi connectivity index (χ2n) is 7.41. The Morgan fingerprint density at radius 3 is 2.58 bits per heavy atom. The Balaban J connectivity index is 2.36. The van der Waals surface area contributed by atoms with Gasteiger partial charge < -0.3 is 9.84 Å². The zero-order chi connectivity index (χ0) is 19.4. The van der Waals surface area contributed by atoms with E-state index in [-0.39, 0.29) is 23.2 Å². The number of Topliss-reactive ketones (excluding diaryl/α,β-unsaturated/α-hetero) is 1. The molecule has 0 aromatic rings. The summed E-state index contributed by atoms with van der Waals surface area (Å²) in [4.78, 5) is 23.1. The fourth-order valence-electron chi connectivity index (χ4n) is 3.77. The highest BCUT2D eigenvalue weighted by Gasteiger charge is 2.39. The molecule has 4 nitrogen and oxygen atoms in total.